The molecule has 234 valence electrons. The highest BCUT2D eigenvalue weighted by molar-refractivity contribution is 5.88. The highest BCUT2D eigenvalue weighted by Crippen LogP contribution is 2.34. The van der Waals surface area contributed by atoms with Gasteiger partial charge in [-0.25, -0.2) is 4.79 Å². The van der Waals surface area contributed by atoms with Gasteiger partial charge in [0.15, 0.2) is 0 Å². The Morgan fingerprint density at radius 2 is 1.63 bits per heavy atom. The number of rotatable bonds is 10. The average molecular weight is 579 g/mol. The quantitative estimate of drug-likeness (QED) is 0.172. The van der Waals surface area contributed by atoms with Crippen molar-refractivity contribution in [2.45, 2.75) is 123 Å². The molecule has 1 fully saturated rings. The molecule has 2 heterocycles. The number of aliphatic hydroxyl groups is 4. The number of cyclic esters (lactones) is 1. The Labute approximate surface area is 246 Å². The monoisotopic (exact) mass is 578 g/mol. The van der Waals surface area contributed by atoms with Crippen LogP contribution < -0.4 is 0 Å². The minimum absolute atomic E-state index is 0.00198. The normalized spacial score (nSPS) is 36.0. The zero-order chi connectivity index (χ0) is 30.9. The molecule has 0 aromatic heterocycles. The van der Waals surface area contributed by atoms with Crippen molar-refractivity contribution < 1.29 is 39.4 Å². The number of allylic oxidation sites excluding steroid dienone is 3. The predicted octanol–water partition coefficient (Wildman–Crippen LogP) is 4.27. The van der Waals surface area contributed by atoms with Crippen LogP contribution in [0.2, 0.25) is 0 Å². The first-order chi connectivity index (χ1) is 19.3. The Morgan fingerprint density at radius 3 is 2.29 bits per heavy atom. The molecule has 0 radical (unpaired) electrons. The number of esters is 1. The van der Waals surface area contributed by atoms with Gasteiger partial charge in [-0.1, -0.05) is 63.6 Å². The molecule has 41 heavy (non-hydrogen) atoms. The van der Waals surface area contributed by atoms with E-state index in [0.717, 1.165) is 5.57 Å². The molecule has 8 heteroatoms. The largest absolute Gasteiger partial charge is 0.458 e. The van der Waals surface area contributed by atoms with Crippen LogP contribution in [0.4, 0.5) is 0 Å². The van der Waals surface area contributed by atoms with E-state index in [4.69, 9.17) is 14.2 Å². The van der Waals surface area contributed by atoms with Crippen LogP contribution in [0.15, 0.2) is 47.6 Å². The summed E-state index contributed by atoms with van der Waals surface area (Å²) in [7, 11) is 1.61. The molecule has 0 aliphatic carbocycles. The van der Waals surface area contributed by atoms with Gasteiger partial charge < -0.3 is 34.6 Å². The molecule has 12 atom stereocenters. The van der Waals surface area contributed by atoms with Crippen molar-refractivity contribution in [3.63, 3.8) is 0 Å². The summed E-state index contributed by atoms with van der Waals surface area (Å²) in [6.07, 6.45) is 9.17. The van der Waals surface area contributed by atoms with Crippen molar-refractivity contribution in [1.82, 2.24) is 0 Å². The second-order valence-corrected chi connectivity index (χ2v) is 12.2. The molecule has 0 bridgehead atoms. The van der Waals surface area contributed by atoms with Gasteiger partial charge in [0.05, 0.1) is 30.5 Å². The van der Waals surface area contributed by atoms with E-state index in [0.29, 0.717) is 31.3 Å². The molecule has 8 nitrogen and oxygen atoms in total. The second-order valence-electron chi connectivity index (χ2n) is 12.2. The van der Waals surface area contributed by atoms with Gasteiger partial charge in [-0.05, 0) is 52.0 Å². The summed E-state index contributed by atoms with van der Waals surface area (Å²) in [4.78, 5) is 13.0. The maximum Gasteiger partial charge on any atom is 0.334 e. The van der Waals surface area contributed by atoms with Crippen LogP contribution in [-0.4, -0.2) is 82.3 Å². The number of methoxy groups -OCH3 is 1. The van der Waals surface area contributed by atoms with Crippen LogP contribution in [-0.2, 0) is 19.0 Å². The van der Waals surface area contributed by atoms with Crippen LogP contribution in [0.1, 0.15) is 74.1 Å². The molecular weight excluding hydrogens is 524 g/mol. The molecule has 1 saturated heterocycles. The van der Waals surface area contributed by atoms with Gasteiger partial charge in [0.25, 0.3) is 0 Å². The van der Waals surface area contributed by atoms with E-state index in [-0.39, 0.29) is 42.0 Å². The molecule has 2 rings (SSSR count). The highest BCUT2D eigenvalue weighted by atomic mass is 16.6. The molecule has 0 aromatic carbocycles. The molecule has 0 spiro atoms. The summed E-state index contributed by atoms with van der Waals surface area (Å²) < 4.78 is 16.9. The first-order valence-electron chi connectivity index (χ1n) is 15.1. The Balaban J connectivity index is 2.06. The summed E-state index contributed by atoms with van der Waals surface area (Å²) in [5, 5.41) is 42.4. The van der Waals surface area contributed by atoms with E-state index < -0.39 is 36.5 Å². The SMILES string of the molecule is CO[C@@H](C)[C@@H](C)[C@H](O)[C@H](C)[C@@H](O)C/C=C/C[C@H](C)[C@@H]1C/C=C\C[C@@H](O)[C@@H]2O[C@H]2C(O)[C@H](C)/C=C(C)/C=C(/C)C(=O)O1. The van der Waals surface area contributed by atoms with Crippen molar-refractivity contribution in [2.24, 2.45) is 23.7 Å². The Bertz CT molecular complexity index is 940. The molecule has 2 aliphatic rings. The molecule has 1 unspecified atom stereocenters. The third-order valence-electron chi connectivity index (χ3n) is 8.76. The molecule has 4 N–H and O–H groups in total. The van der Waals surface area contributed by atoms with Crippen LogP contribution >= 0.6 is 0 Å². The maximum atomic E-state index is 13.0. The predicted molar refractivity (Wildman–Crippen MR) is 160 cm³/mol. The van der Waals surface area contributed by atoms with E-state index in [1.165, 1.54) is 0 Å². The fourth-order valence-corrected chi connectivity index (χ4v) is 5.32. The third kappa shape index (κ3) is 10.8. The van der Waals surface area contributed by atoms with Crippen LogP contribution in [0.25, 0.3) is 0 Å². The maximum absolute atomic E-state index is 13.0. The zero-order valence-corrected chi connectivity index (χ0v) is 26.1. The van der Waals surface area contributed by atoms with E-state index in [2.05, 4.69) is 0 Å². The summed E-state index contributed by atoms with van der Waals surface area (Å²) in [6.45, 7) is 13.2. The summed E-state index contributed by atoms with van der Waals surface area (Å²) >= 11 is 0. The Hall–Kier alpha value is -1.81. The number of aliphatic hydroxyl groups excluding tert-OH is 4. The van der Waals surface area contributed by atoms with Gasteiger partial charge in [0.2, 0.25) is 0 Å². The summed E-state index contributed by atoms with van der Waals surface area (Å²) in [5.41, 5.74) is 1.32. The van der Waals surface area contributed by atoms with Crippen molar-refractivity contribution in [3.05, 3.63) is 47.6 Å². The first-order valence-corrected chi connectivity index (χ1v) is 15.1. The molecule has 2 aliphatic heterocycles. The molecule has 0 amide bonds. The minimum atomic E-state index is -0.738. The average Bonchev–Trinajstić information content (AvgIpc) is 3.74. The van der Waals surface area contributed by atoms with E-state index in [1.54, 1.807) is 20.1 Å². The third-order valence-corrected chi connectivity index (χ3v) is 8.76. The summed E-state index contributed by atoms with van der Waals surface area (Å²) in [5.74, 6) is -1.01. The smallest absolute Gasteiger partial charge is 0.334 e. The fourth-order valence-electron chi connectivity index (χ4n) is 5.32. The Morgan fingerprint density at radius 1 is 1.00 bits per heavy atom. The fraction of sp³-hybridized carbons (Fsp3) is 0.727. The lowest BCUT2D eigenvalue weighted by Gasteiger charge is -2.31. The van der Waals surface area contributed by atoms with Crippen LogP contribution in [0.5, 0.6) is 0 Å². The van der Waals surface area contributed by atoms with Gasteiger partial charge in [-0.15, -0.1) is 0 Å². The van der Waals surface area contributed by atoms with E-state index in [1.807, 2.05) is 71.9 Å². The first kappa shape index (κ1) is 35.4. The number of carbonyl (C=O) groups excluding carboxylic acids is 1. The standard InChI is InChI=1S/C33H54O8/c1-19-17-21(3)29(36)32-31(41-32)27(35)15-11-12-16-28(40-33(38)22(4)18-19)20(2)13-9-10-14-26(34)24(6)30(37)23(5)25(7)39-8/h9-12,17-18,20-21,23-32,34-37H,13-16H2,1-8H3/b10-9+,12-11-,19-17+,22-18-/t20-,21+,23+,24+,25-,26-,27+,28-,29?,30-,31-,32-/m0/s1. The van der Waals surface area contributed by atoms with Gasteiger partial charge >= 0.3 is 5.97 Å². The minimum Gasteiger partial charge on any atom is -0.458 e. The molecule has 0 saturated carbocycles. The topological polar surface area (TPSA) is 129 Å². The van der Waals surface area contributed by atoms with Crippen molar-refractivity contribution in [1.29, 1.82) is 0 Å². The number of epoxide rings is 1. The number of carbonyl (C=O) groups is 1. The van der Waals surface area contributed by atoms with E-state index in [9.17, 15) is 25.2 Å². The van der Waals surface area contributed by atoms with E-state index >= 15 is 0 Å². The lowest BCUT2D eigenvalue weighted by Crippen LogP contribution is -2.38. The van der Waals surface area contributed by atoms with Gasteiger partial charge in [0, 0.05) is 36.9 Å². The Kier molecular flexibility index (Phi) is 14.4. The van der Waals surface area contributed by atoms with Gasteiger partial charge in [0.1, 0.15) is 18.3 Å². The van der Waals surface area contributed by atoms with Crippen molar-refractivity contribution in [2.75, 3.05) is 7.11 Å². The van der Waals surface area contributed by atoms with Crippen molar-refractivity contribution in [3.8, 4) is 0 Å². The zero-order valence-electron chi connectivity index (χ0n) is 26.1. The number of hydrogen-bond acceptors (Lipinski definition) is 8. The van der Waals surface area contributed by atoms with Crippen LogP contribution in [0, 0.1) is 23.7 Å². The number of ether oxygens (including phenoxy) is 3. The van der Waals surface area contributed by atoms with Gasteiger partial charge in [-0.2, -0.15) is 0 Å². The van der Waals surface area contributed by atoms with Crippen molar-refractivity contribution >= 4 is 5.97 Å². The number of hydrogen-bond donors (Lipinski definition) is 4. The lowest BCUT2D eigenvalue weighted by atomic mass is 9.85. The summed E-state index contributed by atoms with van der Waals surface area (Å²) in [6, 6.07) is 0. The highest BCUT2D eigenvalue weighted by Gasteiger charge is 2.49. The second kappa shape index (κ2) is 16.7. The van der Waals surface area contributed by atoms with Gasteiger partial charge in [-0.3, -0.25) is 0 Å². The molecule has 0 aromatic rings. The molecular formula is C33H54O8. The van der Waals surface area contributed by atoms with Crippen LogP contribution in [0.3, 0.4) is 0 Å². The number of fused-ring (bicyclic) bond motifs is 1. The lowest BCUT2D eigenvalue weighted by molar-refractivity contribution is -0.146.